The number of carbonyl (C=O) groups is 1. The number of hydrogen-bond donors (Lipinski definition) is 1. The van der Waals surface area contributed by atoms with Gasteiger partial charge in [0.2, 0.25) is 17.8 Å². The van der Waals surface area contributed by atoms with Crippen molar-refractivity contribution in [3.05, 3.63) is 83.2 Å². The lowest BCUT2D eigenvalue weighted by atomic mass is 9.87. The van der Waals surface area contributed by atoms with Crippen LogP contribution in [0.5, 0.6) is 5.88 Å². The largest absolute Gasteiger partial charge is 0.475 e. The predicted molar refractivity (Wildman–Crippen MR) is 188 cm³/mol. The summed E-state index contributed by atoms with van der Waals surface area (Å²) in [6.07, 6.45) is 4.48. The number of aromatic nitrogens is 4. The number of hydrogen-bond acceptors (Lipinski definition) is 9. The van der Waals surface area contributed by atoms with E-state index in [1.807, 2.05) is 38.1 Å². The maximum atomic E-state index is 14.5. The molecule has 0 radical (unpaired) electrons. The minimum absolute atomic E-state index is 0. The summed E-state index contributed by atoms with van der Waals surface area (Å²) < 4.78 is 36.3. The molecule has 2 aliphatic rings. The third kappa shape index (κ3) is 7.28. The van der Waals surface area contributed by atoms with E-state index in [1.165, 1.54) is 12.1 Å². The van der Waals surface area contributed by atoms with Gasteiger partial charge in [0.15, 0.2) is 0 Å². The van der Waals surface area contributed by atoms with Crippen LogP contribution in [0.3, 0.4) is 0 Å². The van der Waals surface area contributed by atoms with Gasteiger partial charge in [-0.3, -0.25) is 4.79 Å². The highest BCUT2D eigenvalue weighted by Crippen LogP contribution is 2.32. The van der Waals surface area contributed by atoms with Crippen LogP contribution in [0, 0.1) is 19.3 Å². The van der Waals surface area contributed by atoms with Gasteiger partial charge in [-0.05, 0) is 80.8 Å². The van der Waals surface area contributed by atoms with E-state index in [2.05, 4.69) is 52.3 Å². The van der Waals surface area contributed by atoms with Crippen LogP contribution in [0.4, 0.5) is 11.9 Å². The van der Waals surface area contributed by atoms with Crippen LogP contribution in [0.15, 0.2) is 65.7 Å². The lowest BCUT2D eigenvalue weighted by Crippen LogP contribution is -2.45. The summed E-state index contributed by atoms with van der Waals surface area (Å²) in [5, 5.41) is 0. The highest BCUT2D eigenvalue weighted by atomic mass is 32.2. The summed E-state index contributed by atoms with van der Waals surface area (Å²) in [6, 6.07) is 15.5. The van der Waals surface area contributed by atoms with Gasteiger partial charge >= 0.3 is 0 Å². The quantitative estimate of drug-likeness (QED) is 0.255. The molecule has 1 fully saturated rings. The smallest absolute Gasteiger partial charge is 0.264 e. The molecule has 1 saturated heterocycles. The molecule has 2 aliphatic heterocycles. The number of nitrogens with one attached hydrogen (secondary N) is 1. The van der Waals surface area contributed by atoms with Gasteiger partial charge in [-0.2, -0.15) is 4.98 Å². The number of sulfonamides is 1. The first-order chi connectivity index (χ1) is 22.8. The van der Waals surface area contributed by atoms with Gasteiger partial charge in [0.1, 0.15) is 6.61 Å². The molecule has 4 bridgehead atoms. The molecule has 1 N–H and O–H groups in total. The van der Waals surface area contributed by atoms with Crippen molar-refractivity contribution in [2.45, 2.75) is 84.3 Å². The number of anilines is 2. The number of nitrogens with zero attached hydrogens (tertiary/aromatic N) is 6. The fourth-order valence-electron chi connectivity index (χ4n) is 6.56. The number of rotatable bonds is 5. The van der Waals surface area contributed by atoms with Crippen molar-refractivity contribution >= 4 is 27.8 Å². The van der Waals surface area contributed by atoms with E-state index >= 15 is 0 Å². The van der Waals surface area contributed by atoms with Crippen molar-refractivity contribution in [3.63, 3.8) is 0 Å². The highest BCUT2D eigenvalue weighted by molar-refractivity contribution is 7.92. The Bertz CT molecular complexity index is 1930. The zero-order valence-corrected chi connectivity index (χ0v) is 29.2. The molecule has 6 rings (SSSR count). The molecule has 254 valence electrons. The topological polar surface area (TPSA) is 131 Å². The second-order valence-corrected chi connectivity index (χ2v) is 15.7. The number of carbonyl (C=O) groups excluding carboxylic acids is 1. The van der Waals surface area contributed by atoms with Crippen molar-refractivity contribution in [2.24, 2.45) is 5.41 Å². The molecule has 2 aromatic heterocycles. The molecule has 0 aliphatic carbocycles. The normalized spacial score (nSPS) is 19.5. The van der Waals surface area contributed by atoms with E-state index in [0.29, 0.717) is 29.8 Å². The summed E-state index contributed by atoms with van der Waals surface area (Å²) in [6.45, 7) is 13.7. The van der Waals surface area contributed by atoms with Crippen molar-refractivity contribution < 1.29 is 19.4 Å². The Morgan fingerprint density at radius 1 is 1.02 bits per heavy atom. The minimum atomic E-state index is -4.17. The Morgan fingerprint density at radius 3 is 2.48 bits per heavy atom. The molecule has 4 aromatic rings. The standard InChI is InChI=1S/C36H43N7O4S.H2/c1-23-10-7-11-24(2)32(23)30-19-31-40-34(39-30)41-48(45,46)29-14-8-13-26(18-29)33(44)43(28(22-47-31)20-36(4,5)6)21-27-15-16-37-35(38-27)42-17-9-12-25(42)3;/h7-8,10-11,13-16,18-19,25,28H,9,12,17,20-22H2,1-6H3,(H,39,40,41);1H/t25-,28-;/m1./s1. The minimum Gasteiger partial charge on any atom is -0.475 e. The van der Waals surface area contributed by atoms with Crippen molar-refractivity contribution in [1.29, 1.82) is 0 Å². The highest BCUT2D eigenvalue weighted by Gasteiger charge is 2.32. The van der Waals surface area contributed by atoms with Crippen LogP contribution < -0.4 is 14.4 Å². The summed E-state index contributed by atoms with van der Waals surface area (Å²) in [7, 11) is -4.17. The summed E-state index contributed by atoms with van der Waals surface area (Å²) in [4.78, 5) is 36.9. The third-order valence-electron chi connectivity index (χ3n) is 8.87. The van der Waals surface area contributed by atoms with Crippen LogP contribution in [-0.2, 0) is 16.6 Å². The molecular formula is C36H45N7O4S. The van der Waals surface area contributed by atoms with Crippen LogP contribution in [-0.4, -0.2) is 64.4 Å². The van der Waals surface area contributed by atoms with E-state index in [0.717, 1.165) is 36.1 Å². The number of fused-ring (bicyclic) bond motifs is 4. The molecule has 0 unspecified atom stereocenters. The van der Waals surface area contributed by atoms with Crippen LogP contribution in [0.1, 0.15) is 75.6 Å². The van der Waals surface area contributed by atoms with Crippen molar-refractivity contribution in [2.75, 3.05) is 22.8 Å². The van der Waals surface area contributed by atoms with Crippen LogP contribution in [0.2, 0.25) is 0 Å². The summed E-state index contributed by atoms with van der Waals surface area (Å²) in [5.74, 6) is 0.402. The fraction of sp³-hybridized carbons (Fsp3) is 0.417. The zero-order valence-electron chi connectivity index (χ0n) is 28.4. The Kier molecular flexibility index (Phi) is 9.12. The molecule has 2 aromatic carbocycles. The Balaban J connectivity index is 0.00000468. The van der Waals surface area contributed by atoms with Crippen LogP contribution >= 0.6 is 0 Å². The third-order valence-corrected chi connectivity index (χ3v) is 10.2. The first kappa shape index (κ1) is 33.3. The van der Waals surface area contributed by atoms with Gasteiger partial charge in [-0.15, -0.1) is 0 Å². The second kappa shape index (κ2) is 13.1. The molecule has 2 atom stereocenters. The SMILES string of the molecule is Cc1cccc(C)c1-c1cc2nc(n1)NS(=O)(=O)c1cccc(c1)C(=O)N(Cc1ccnc(N3CCC[C@H]3C)n1)[C@H](CC(C)(C)C)CO2.[HH]. The first-order valence-electron chi connectivity index (χ1n) is 16.4. The Morgan fingerprint density at radius 2 is 1.77 bits per heavy atom. The second-order valence-electron chi connectivity index (χ2n) is 14.0. The molecule has 11 nitrogen and oxygen atoms in total. The molecule has 0 saturated carbocycles. The van der Waals surface area contributed by atoms with Gasteiger partial charge in [0.25, 0.3) is 15.9 Å². The fourth-order valence-corrected chi connectivity index (χ4v) is 7.55. The zero-order chi connectivity index (χ0) is 34.2. The van der Waals surface area contributed by atoms with E-state index in [1.54, 1.807) is 29.3 Å². The Labute approximate surface area is 284 Å². The molecule has 1 amide bonds. The van der Waals surface area contributed by atoms with Crippen LogP contribution in [0.25, 0.3) is 11.3 Å². The summed E-state index contributed by atoms with van der Waals surface area (Å²) in [5.41, 5.74) is 4.09. The van der Waals surface area contributed by atoms with E-state index in [-0.39, 0.29) is 48.2 Å². The monoisotopic (exact) mass is 671 g/mol. The lowest BCUT2D eigenvalue weighted by Gasteiger charge is -2.35. The summed E-state index contributed by atoms with van der Waals surface area (Å²) >= 11 is 0. The first-order valence-corrected chi connectivity index (χ1v) is 17.9. The average molecular weight is 672 g/mol. The van der Waals surface area contributed by atoms with Gasteiger partial charge in [0, 0.05) is 37.4 Å². The van der Waals surface area contributed by atoms with E-state index < -0.39 is 16.1 Å². The van der Waals surface area contributed by atoms with Gasteiger partial charge in [-0.25, -0.2) is 28.1 Å². The van der Waals surface area contributed by atoms with Crippen molar-refractivity contribution in [3.8, 4) is 17.1 Å². The molecule has 4 heterocycles. The molecule has 12 heteroatoms. The molecule has 48 heavy (non-hydrogen) atoms. The Hall–Kier alpha value is -4.58. The van der Waals surface area contributed by atoms with Crippen molar-refractivity contribution in [1.82, 2.24) is 24.8 Å². The lowest BCUT2D eigenvalue weighted by molar-refractivity contribution is 0.0509. The van der Waals surface area contributed by atoms with Gasteiger partial charge in [0.05, 0.1) is 28.9 Å². The maximum absolute atomic E-state index is 14.5. The number of ether oxygens (including phenoxy) is 1. The van der Waals surface area contributed by atoms with Gasteiger partial charge < -0.3 is 14.5 Å². The van der Waals surface area contributed by atoms with Gasteiger partial charge in [-0.1, -0.05) is 45.0 Å². The number of aryl methyl sites for hydroxylation is 2. The number of benzene rings is 2. The average Bonchev–Trinajstić information content (AvgIpc) is 3.46. The molecular weight excluding hydrogens is 627 g/mol. The number of amides is 1. The maximum Gasteiger partial charge on any atom is 0.264 e. The molecule has 0 spiro atoms. The predicted octanol–water partition coefficient (Wildman–Crippen LogP) is 6.43. The van der Waals surface area contributed by atoms with E-state index in [4.69, 9.17) is 9.72 Å². The van der Waals surface area contributed by atoms with E-state index in [9.17, 15) is 13.2 Å².